The van der Waals surface area contributed by atoms with Gasteiger partial charge in [0.15, 0.2) is 0 Å². The van der Waals surface area contributed by atoms with Crippen LogP contribution in [0, 0.1) is 0 Å². The lowest BCUT2D eigenvalue weighted by atomic mass is 10.2. The van der Waals surface area contributed by atoms with Crippen molar-refractivity contribution in [3.05, 3.63) is 12.2 Å². The molecule has 0 fully saturated rings. The lowest BCUT2D eigenvalue weighted by Crippen LogP contribution is -2.14. The molecule has 0 spiro atoms. The van der Waals surface area contributed by atoms with E-state index in [1.807, 2.05) is 0 Å². The van der Waals surface area contributed by atoms with Gasteiger partial charge in [0, 0.05) is 24.3 Å². The Morgan fingerprint density at radius 3 is 2.00 bits per heavy atom. The Hall–Kier alpha value is -1.56. The Morgan fingerprint density at radius 2 is 1.39 bits per heavy atom. The third-order valence-corrected chi connectivity index (χ3v) is 3.00. The van der Waals surface area contributed by atoms with E-state index in [0.29, 0.717) is 43.7 Å². The molecule has 132 valence electrons. The zero-order chi connectivity index (χ0) is 17.5. The van der Waals surface area contributed by atoms with Crippen LogP contribution in [0.1, 0.15) is 45.4 Å². The second-order valence-electron chi connectivity index (χ2n) is 4.96. The maximum Gasteiger partial charge on any atom is 0.333 e. The molecule has 0 heterocycles. The van der Waals surface area contributed by atoms with Crippen molar-refractivity contribution in [1.29, 1.82) is 0 Å². The summed E-state index contributed by atoms with van der Waals surface area (Å²) in [6.45, 7) is 5.40. The van der Waals surface area contributed by atoms with Gasteiger partial charge in [0.2, 0.25) is 0 Å². The van der Waals surface area contributed by atoms with Crippen LogP contribution in [0.5, 0.6) is 0 Å². The number of carbonyl (C=O) groups is 3. The molecule has 0 aromatic carbocycles. The lowest BCUT2D eigenvalue weighted by Gasteiger charge is -2.06. The van der Waals surface area contributed by atoms with Gasteiger partial charge < -0.3 is 14.2 Å². The molecule has 0 radical (unpaired) electrons. The maximum atomic E-state index is 11.4. The summed E-state index contributed by atoms with van der Waals surface area (Å²) in [6, 6.07) is 0. The zero-order valence-corrected chi connectivity index (χ0v) is 14.4. The molecule has 0 unspecified atom stereocenters. The van der Waals surface area contributed by atoms with E-state index in [-0.39, 0.29) is 31.6 Å². The Kier molecular flexibility index (Phi) is 13.1. The van der Waals surface area contributed by atoms with Gasteiger partial charge in [-0.05, 0) is 32.6 Å². The highest BCUT2D eigenvalue weighted by molar-refractivity contribution is 6.17. The molecule has 0 N–H and O–H groups in total. The first kappa shape index (κ1) is 21.4. The fourth-order valence-electron chi connectivity index (χ4n) is 1.50. The molecule has 0 aliphatic heterocycles. The molecule has 0 saturated heterocycles. The summed E-state index contributed by atoms with van der Waals surface area (Å²) in [5.74, 6) is -0.629. The van der Waals surface area contributed by atoms with Crippen molar-refractivity contribution >= 4 is 29.5 Å². The van der Waals surface area contributed by atoms with Gasteiger partial charge >= 0.3 is 17.9 Å². The number of carbonyl (C=O) groups excluding carboxylic acids is 3. The average molecular weight is 349 g/mol. The molecule has 0 aromatic rings. The monoisotopic (exact) mass is 348 g/mol. The summed E-state index contributed by atoms with van der Waals surface area (Å²) >= 11 is 5.47. The molecule has 0 saturated carbocycles. The highest BCUT2D eigenvalue weighted by Crippen LogP contribution is 2.03. The van der Waals surface area contributed by atoms with E-state index in [9.17, 15) is 14.4 Å². The molecule has 0 amide bonds. The van der Waals surface area contributed by atoms with Crippen LogP contribution in [-0.4, -0.2) is 43.6 Å². The maximum absolute atomic E-state index is 11.4. The molecule has 0 atom stereocenters. The van der Waals surface area contributed by atoms with Crippen molar-refractivity contribution in [2.75, 3.05) is 25.7 Å². The van der Waals surface area contributed by atoms with Crippen LogP contribution in [0.15, 0.2) is 12.2 Å². The standard InChI is InChI=1S/C16H25ClO6/c1-13(2)16(20)23-12-11-22-14(18)7-4-3-5-10-21-15(19)8-6-9-17/h1,3-12H2,2H3. The number of rotatable bonds is 13. The van der Waals surface area contributed by atoms with Crippen molar-refractivity contribution in [2.24, 2.45) is 0 Å². The number of halogens is 1. The van der Waals surface area contributed by atoms with Crippen molar-refractivity contribution in [3.8, 4) is 0 Å². The van der Waals surface area contributed by atoms with E-state index in [0.717, 1.165) is 6.42 Å². The Bertz CT molecular complexity index is 394. The number of hydrogen-bond acceptors (Lipinski definition) is 6. The molecule has 23 heavy (non-hydrogen) atoms. The van der Waals surface area contributed by atoms with Crippen LogP contribution in [0.2, 0.25) is 0 Å². The van der Waals surface area contributed by atoms with E-state index >= 15 is 0 Å². The minimum absolute atomic E-state index is 0.0235. The van der Waals surface area contributed by atoms with Gasteiger partial charge in [0.25, 0.3) is 0 Å². The summed E-state index contributed by atoms with van der Waals surface area (Å²) in [6.07, 6.45) is 3.37. The van der Waals surface area contributed by atoms with E-state index in [4.69, 9.17) is 25.8 Å². The molecule has 0 bridgehead atoms. The van der Waals surface area contributed by atoms with Gasteiger partial charge in [-0.2, -0.15) is 0 Å². The summed E-state index contributed by atoms with van der Waals surface area (Å²) in [5, 5.41) is 0. The van der Waals surface area contributed by atoms with Gasteiger partial charge in [-0.3, -0.25) is 9.59 Å². The number of unbranched alkanes of at least 4 members (excludes halogenated alkanes) is 2. The van der Waals surface area contributed by atoms with Crippen molar-refractivity contribution in [2.45, 2.75) is 45.4 Å². The minimum atomic E-state index is -0.498. The minimum Gasteiger partial charge on any atom is -0.466 e. The van der Waals surface area contributed by atoms with Crippen LogP contribution >= 0.6 is 11.6 Å². The number of ether oxygens (including phenoxy) is 3. The second kappa shape index (κ2) is 14.1. The zero-order valence-electron chi connectivity index (χ0n) is 13.6. The quantitative estimate of drug-likeness (QED) is 0.167. The predicted octanol–water partition coefficient (Wildman–Crippen LogP) is 2.77. The predicted molar refractivity (Wildman–Crippen MR) is 86.1 cm³/mol. The average Bonchev–Trinajstić information content (AvgIpc) is 2.52. The van der Waals surface area contributed by atoms with Crippen molar-refractivity contribution < 1.29 is 28.6 Å². The Balaban J connectivity index is 3.42. The van der Waals surface area contributed by atoms with Crippen LogP contribution in [0.4, 0.5) is 0 Å². The fourth-order valence-corrected chi connectivity index (χ4v) is 1.64. The van der Waals surface area contributed by atoms with Gasteiger partial charge in [-0.1, -0.05) is 6.58 Å². The number of hydrogen-bond donors (Lipinski definition) is 0. The molecule has 0 aliphatic carbocycles. The van der Waals surface area contributed by atoms with Gasteiger partial charge in [0.05, 0.1) is 6.61 Å². The third kappa shape index (κ3) is 13.8. The molecular weight excluding hydrogens is 324 g/mol. The summed E-state index contributed by atoms with van der Waals surface area (Å²) in [4.78, 5) is 33.6. The number of esters is 3. The SMILES string of the molecule is C=C(C)C(=O)OCCOC(=O)CCCCCOC(=O)CCCCl. The summed E-state index contributed by atoms with van der Waals surface area (Å²) < 4.78 is 14.7. The fraction of sp³-hybridized carbons (Fsp3) is 0.688. The van der Waals surface area contributed by atoms with Gasteiger partial charge in [-0.15, -0.1) is 11.6 Å². The molecule has 6 nitrogen and oxygen atoms in total. The Morgan fingerprint density at radius 1 is 0.826 bits per heavy atom. The Labute approximate surface area is 142 Å². The molecule has 0 rings (SSSR count). The first-order chi connectivity index (χ1) is 11.0. The second-order valence-corrected chi connectivity index (χ2v) is 5.34. The normalized spacial score (nSPS) is 10.0. The van der Waals surface area contributed by atoms with Crippen LogP contribution in [0.25, 0.3) is 0 Å². The molecule has 7 heteroatoms. The number of alkyl halides is 1. The van der Waals surface area contributed by atoms with E-state index in [1.54, 1.807) is 6.92 Å². The molecular formula is C16H25ClO6. The topological polar surface area (TPSA) is 78.9 Å². The van der Waals surface area contributed by atoms with Crippen LogP contribution < -0.4 is 0 Å². The molecule has 0 aromatic heterocycles. The van der Waals surface area contributed by atoms with Crippen molar-refractivity contribution in [3.63, 3.8) is 0 Å². The molecule has 0 aliphatic rings. The van der Waals surface area contributed by atoms with E-state index in [1.165, 1.54) is 0 Å². The first-order valence-electron chi connectivity index (χ1n) is 7.67. The van der Waals surface area contributed by atoms with Gasteiger partial charge in [-0.25, -0.2) is 4.79 Å². The highest BCUT2D eigenvalue weighted by atomic mass is 35.5. The van der Waals surface area contributed by atoms with Crippen molar-refractivity contribution in [1.82, 2.24) is 0 Å². The first-order valence-corrected chi connectivity index (χ1v) is 8.20. The van der Waals surface area contributed by atoms with E-state index in [2.05, 4.69) is 6.58 Å². The van der Waals surface area contributed by atoms with Crippen LogP contribution in [-0.2, 0) is 28.6 Å². The summed E-state index contributed by atoms with van der Waals surface area (Å²) in [5.41, 5.74) is 0.305. The van der Waals surface area contributed by atoms with Gasteiger partial charge in [0.1, 0.15) is 13.2 Å². The highest BCUT2D eigenvalue weighted by Gasteiger charge is 2.06. The summed E-state index contributed by atoms with van der Waals surface area (Å²) in [7, 11) is 0. The largest absolute Gasteiger partial charge is 0.466 e. The lowest BCUT2D eigenvalue weighted by molar-refractivity contribution is -0.150. The van der Waals surface area contributed by atoms with E-state index < -0.39 is 5.97 Å². The third-order valence-electron chi connectivity index (χ3n) is 2.73. The smallest absolute Gasteiger partial charge is 0.333 e. The van der Waals surface area contributed by atoms with Crippen LogP contribution in [0.3, 0.4) is 0 Å².